The Hall–Kier alpha value is -3.89. The number of hydrogen-bond acceptors (Lipinski definition) is 6. The lowest BCUT2D eigenvalue weighted by atomic mass is 9.96. The van der Waals surface area contributed by atoms with Gasteiger partial charge in [-0.05, 0) is 38.0 Å². The zero-order valence-corrected chi connectivity index (χ0v) is 21.5. The van der Waals surface area contributed by atoms with Crippen LogP contribution in [0.15, 0.2) is 30.6 Å². The number of likely N-dealkylation sites (N-methyl/N-ethyl adjacent to an activating group) is 2. The van der Waals surface area contributed by atoms with E-state index in [2.05, 4.69) is 5.10 Å². The first-order chi connectivity index (χ1) is 17.2. The molecule has 4 rings (SSSR count). The fourth-order valence-corrected chi connectivity index (χ4v) is 4.56. The van der Waals surface area contributed by atoms with Crippen LogP contribution >= 0.6 is 0 Å². The van der Waals surface area contributed by atoms with Crippen molar-refractivity contribution in [2.45, 2.75) is 45.3 Å². The first kappa shape index (κ1) is 25.2. The van der Waals surface area contributed by atoms with Gasteiger partial charge in [0.25, 0.3) is 0 Å². The molecular weight excluding hydrogens is 462 g/mol. The predicted octanol–water partition coefficient (Wildman–Crippen LogP) is 1.93. The Morgan fingerprint density at radius 2 is 1.94 bits per heavy atom. The monoisotopic (exact) mass is 495 g/mol. The maximum absolute atomic E-state index is 13.1. The molecule has 0 aliphatic carbocycles. The molecule has 0 spiro atoms. The molecule has 3 heterocycles. The fourth-order valence-electron chi connectivity index (χ4n) is 4.56. The lowest BCUT2D eigenvalue weighted by Crippen LogP contribution is -2.42. The molecule has 1 aromatic carbocycles. The molecule has 3 amide bonds. The van der Waals surface area contributed by atoms with Gasteiger partial charge in [0.2, 0.25) is 11.8 Å². The molecule has 11 nitrogen and oxygen atoms in total. The number of aryl methyl sites for hydroxylation is 3. The number of carbonyl (C=O) groups is 3. The topological polar surface area (TPSA) is 106 Å². The van der Waals surface area contributed by atoms with Gasteiger partial charge in [-0.2, -0.15) is 5.10 Å². The third-order valence-electron chi connectivity index (χ3n) is 6.68. The van der Waals surface area contributed by atoms with Crippen molar-refractivity contribution in [2.75, 3.05) is 39.7 Å². The van der Waals surface area contributed by atoms with Crippen LogP contribution in [0.2, 0.25) is 0 Å². The van der Waals surface area contributed by atoms with Crippen LogP contribution < -0.4 is 4.90 Å². The number of nitrogens with zero attached hydrogens (tertiary/aromatic N) is 7. The van der Waals surface area contributed by atoms with E-state index >= 15 is 0 Å². The summed E-state index contributed by atoms with van der Waals surface area (Å²) in [5.41, 5.74) is 3.36. The highest BCUT2D eigenvalue weighted by molar-refractivity contribution is 5.95. The van der Waals surface area contributed by atoms with Gasteiger partial charge in [0.15, 0.2) is 0 Å². The highest BCUT2D eigenvalue weighted by atomic mass is 16.5. The summed E-state index contributed by atoms with van der Waals surface area (Å²) < 4.78 is 8.77. The molecule has 1 atom stereocenters. The van der Waals surface area contributed by atoms with E-state index in [1.807, 2.05) is 40.6 Å². The number of rotatable bonds is 7. The molecule has 2 aromatic heterocycles. The van der Waals surface area contributed by atoms with E-state index < -0.39 is 6.09 Å². The molecule has 0 radical (unpaired) electrons. The third kappa shape index (κ3) is 4.91. The van der Waals surface area contributed by atoms with E-state index in [0.717, 1.165) is 41.0 Å². The van der Waals surface area contributed by atoms with E-state index in [0.29, 0.717) is 13.0 Å². The normalized spacial score (nSPS) is 15.0. The molecule has 0 saturated carbocycles. The largest absolute Gasteiger partial charge is 0.452 e. The van der Waals surface area contributed by atoms with Crippen LogP contribution in [0.3, 0.4) is 0 Å². The Kier molecular flexibility index (Phi) is 7.27. The van der Waals surface area contributed by atoms with E-state index in [1.165, 1.54) is 16.9 Å². The summed E-state index contributed by atoms with van der Waals surface area (Å²) >= 11 is 0. The second-order valence-electron chi connectivity index (χ2n) is 9.33. The number of ether oxygens (including phenoxy) is 1. The van der Waals surface area contributed by atoms with Gasteiger partial charge in [0, 0.05) is 58.1 Å². The van der Waals surface area contributed by atoms with Gasteiger partial charge in [-0.3, -0.25) is 19.2 Å². The summed E-state index contributed by atoms with van der Waals surface area (Å²) in [5.74, 6) is 0.413. The smallest absolute Gasteiger partial charge is 0.414 e. The molecular formula is C25H33N7O4. The average molecular weight is 496 g/mol. The standard InChI is InChI=1S/C25H33N7O4/c1-17-7-8-18-19(32(17)25(35)36-5)9-10-20-24(18)27-21(11-14-30-13-6-12-26-30)31(20)16-23(34)29(4)15-22(33)28(2)3/h6,9-10,12-13,17H,7-8,11,14-16H2,1-5H3/t17-/m0/s1. The Labute approximate surface area is 210 Å². The van der Waals surface area contributed by atoms with Gasteiger partial charge in [0.1, 0.15) is 12.4 Å². The Morgan fingerprint density at radius 3 is 2.61 bits per heavy atom. The number of amides is 3. The fraction of sp³-hybridized carbons (Fsp3) is 0.480. The third-order valence-corrected chi connectivity index (χ3v) is 6.68. The highest BCUT2D eigenvalue weighted by Gasteiger charge is 2.31. The number of imidazole rings is 1. The number of fused-ring (bicyclic) bond motifs is 3. The Bertz CT molecular complexity index is 1270. The molecule has 11 heteroatoms. The molecule has 0 unspecified atom stereocenters. The number of methoxy groups -OCH3 is 1. The SMILES string of the molecule is COC(=O)N1c2ccc3c(nc(CCn4cccn4)n3CC(=O)N(C)CC(=O)N(C)C)c2CC[C@@H]1C. The van der Waals surface area contributed by atoms with E-state index in [4.69, 9.17) is 9.72 Å². The molecule has 36 heavy (non-hydrogen) atoms. The van der Waals surface area contributed by atoms with Gasteiger partial charge in [-0.1, -0.05) is 0 Å². The number of carbonyl (C=O) groups excluding carboxylic acids is 3. The number of anilines is 1. The van der Waals surface area contributed by atoms with Crippen molar-refractivity contribution in [2.24, 2.45) is 0 Å². The molecule has 3 aromatic rings. The summed E-state index contributed by atoms with van der Waals surface area (Å²) in [5, 5.41) is 4.27. The van der Waals surface area contributed by atoms with Crippen molar-refractivity contribution < 1.29 is 19.1 Å². The van der Waals surface area contributed by atoms with Gasteiger partial charge in [-0.15, -0.1) is 0 Å². The van der Waals surface area contributed by atoms with Crippen molar-refractivity contribution in [1.29, 1.82) is 0 Å². The first-order valence-electron chi connectivity index (χ1n) is 12.0. The summed E-state index contributed by atoms with van der Waals surface area (Å²) in [6.45, 7) is 2.66. The lowest BCUT2D eigenvalue weighted by Gasteiger charge is -2.34. The van der Waals surface area contributed by atoms with Crippen molar-refractivity contribution in [3.63, 3.8) is 0 Å². The van der Waals surface area contributed by atoms with Crippen LogP contribution in [0, 0.1) is 0 Å². The Morgan fingerprint density at radius 1 is 1.17 bits per heavy atom. The summed E-state index contributed by atoms with van der Waals surface area (Å²) in [6, 6.07) is 5.68. The Balaban J connectivity index is 1.72. The zero-order valence-electron chi connectivity index (χ0n) is 21.5. The van der Waals surface area contributed by atoms with Crippen molar-refractivity contribution in [1.82, 2.24) is 29.1 Å². The van der Waals surface area contributed by atoms with Crippen LogP contribution in [-0.4, -0.2) is 87.9 Å². The van der Waals surface area contributed by atoms with Crippen LogP contribution in [0.4, 0.5) is 10.5 Å². The first-order valence-corrected chi connectivity index (χ1v) is 12.0. The van der Waals surface area contributed by atoms with E-state index in [9.17, 15) is 14.4 Å². The molecule has 1 aliphatic rings. The molecule has 0 fully saturated rings. The quantitative estimate of drug-likeness (QED) is 0.496. The van der Waals surface area contributed by atoms with Gasteiger partial charge in [0.05, 0.1) is 30.4 Å². The summed E-state index contributed by atoms with van der Waals surface area (Å²) in [4.78, 5) is 47.3. The van der Waals surface area contributed by atoms with Gasteiger partial charge >= 0.3 is 6.09 Å². The maximum Gasteiger partial charge on any atom is 0.414 e. The second-order valence-corrected chi connectivity index (χ2v) is 9.33. The van der Waals surface area contributed by atoms with Gasteiger partial charge < -0.3 is 19.1 Å². The maximum atomic E-state index is 13.1. The van der Waals surface area contributed by atoms with Gasteiger partial charge in [-0.25, -0.2) is 9.78 Å². The molecule has 192 valence electrons. The number of hydrogen-bond donors (Lipinski definition) is 0. The average Bonchev–Trinajstić information content (AvgIpc) is 3.49. The van der Waals surface area contributed by atoms with Crippen molar-refractivity contribution in [3.05, 3.63) is 42.0 Å². The molecule has 0 saturated heterocycles. The summed E-state index contributed by atoms with van der Waals surface area (Å²) in [6.07, 6.45) is 5.32. The molecule has 0 bridgehead atoms. The minimum absolute atomic E-state index is 0.00244. The van der Waals surface area contributed by atoms with E-state index in [-0.39, 0.29) is 30.9 Å². The van der Waals surface area contributed by atoms with Crippen LogP contribution in [0.1, 0.15) is 24.7 Å². The lowest BCUT2D eigenvalue weighted by molar-refractivity contribution is -0.138. The van der Waals surface area contributed by atoms with Crippen LogP contribution in [0.25, 0.3) is 11.0 Å². The van der Waals surface area contributed by atoms with Crippen molar-refractivity contribution in [3.8, 4) is 0 Å². The second kappa shape index (κ2) is 10.4. The highest BCUT2D eigenvalue weighted by Crippen LogP contribution is 2.36. The zero-order chi connectivity index (χ0) is 26.0. The molecule has 1 aliphatic heterocycles. The number of aromatic nitrogens is 4. The molecule has 0 N–H and O–H groups in total. The van der Waals surface area contributed by atoms with Crippen molar-refractivity contribution >= 4 is 34.6 Å². The minimum atomic E-state index is -0.400. The van der Waals surface area contributed by atoms with Crippen LogP contribution in [0.5, 0.6) is 0 Å². The number of benzene rings is 1. The van der Waals surface area contributed by atoms with Crippen LogP contribution in [-0.2, 0) is 40.3 Å². The summed E-state index contributed by atoms with van der Waals surface area (Å²) in [7, 11) is 6.34. The van der Waals surface area contributed by atoms with E-state index in [1.54, 1.807) is 32.2 Å². The minimum Gasteiger partial charge on any atom is -0.452 e. The predicted molar refractivity (Wildman–Crippen MR) is 135 cm³/mol.